The van der Waals surface area contributed by atoms with Gasteiger partial charge in [0.15, 0.2) is 0 Å². The fraction of sp³-hybridized carbons (Fsp3) is 0.188. The van der Waals surface area contributed by atoms with E-state index < -0.39 is 0 Å². The molecule has 2 aromatic rings. The standard InChI is InChI=1S/C16H17NO/c1-12-7-6-8-13(2)15(12)11-17-16(18)14-9-4-3-5-10-14/h3-10H,11H2,1-2H3,(H,17,18). The first kappa shape index (κ1) is 12.4. The van der Waals surface area contributed by atoms with E-state index in [4.69, 9.17) is 0 Å². The fourth-order valence-electron chi connectivity index (χ4n) is 1.99. The Balaban J connectivity index is 2.07. The molecule has 0 bridgehead atoms. The van der Waals surface area contributed by atoms with E-state index in [1.807, 2.05) is 36.4 Å². The zero-order valence-corrected chi connectivity index (χ0v) is 10.7. The van der Waals surface area contributed by atoms with Gasteiger partial charge in [0.05, 0.1) is 0 Å². The Morgan fingerprint density at radius 3 is 2.17 bits per heavy atom. The van der Waals surface area contributed by atoms with Crippen molar-refractivity contribution in [3.63, 3.8) is 0 Å². The van der Waals surface area contributed by atoms with Crippen molar-refractivity contribution in [1.29, 1.82) is 0 Å². The van der Waals surface area contributed by atoms with Crippen molar-refractivity contribution >= 4 is 5.91 Å². The summed E-state index contributed by atoms with van der Waals surface area (Å²) in [5.74, 6) is -0.0294. The van der Waals surface area contributed by atoms with Crippen molar-refractivity contribution in [3.8, 4) is 0 Å². The molecule has 2 heteroatoms. The molecule has 18 heavy (non-hydrogen) atoms. The summed E-state index contributed by atoms with van der Waals surface area (Å²) < 4.78 is 0. The molecule has 0 atom stereocenters. The highest BCUT2D eigenvalue weighted by atomic mass is 16.1. The number of rotatable bonds is 3. The second kappa shape index (κ2) is 5.50. The van der Waals surface area contributed by atoms with E-state index in [1.54, 1.807) is 0 Å². The average Bonchev–Trinajstić information content (AvgIpc) is 2.39. The van der Waals surface area contributed by atoms with Crippen LogP contribution in [0.1, 0.15) is 27.0 Å². The SMILES string of the molecule is Cc1cccc(C)c1CNC(=O)c1ccccc1. The normalized spacial score (nSPS) is 10.1. The topological polar surface area (TPSA) is 29.1 Å². The Labute approximate surface area is 108 Å². The summed E-state index contributed by atoms with van der Waals surface area (Å²) in [6.07, 6.45) is 0. The van der Waals surface area contributed by atoms with Crippen molar-refractivity contribution in [1.82, 2.24) is 5.32 Å². The van der Waals surface area contributed by atoms with Gasteiger partial charge < -0.3 is 5.32 Å². The molecule has 0 saturated carbocycles. The average molecular weight is 239 g/mol. The van der Waals surface area contributed by atoms with Crippen LogP contribution < -0.4 is 5.32 Å². The quantitative estimate of drug-likeness (QED) is 0.875. The van der Waals surface area contributed by atoms with Gasteiger partial charge in [0.25, 0.3) is 5.91 Å². The number of amides is 1. The number of benzene rings is 2. The molecule has 0 spiro atoms. The van der Waals surface area contributed by atoms with Crippen LogP contribution in [0, 0.1) is 13.8 Å². The maximum Gasteiger partial charge on any atom is 0.251 e. The van der Waals surface area contributed by atoms with Gasteiger partial charge in [-0.05, 0) is 42.7 Å². The van der Waals surface area contributed by atoms with E-state index in [0.29, 0.717) is 12.1 Å². The van der Waals surface area contributed by atoms with Gasteiger partial charge in [0.2, 0.25) is 0 Å². The van der Waals surface area contributed by atoms with E-state index in [9.17, 15) is 4.79 Å². The molecule has 0 unspecified atom stereocenters. The number of aryl methyl sites for hydroxylation is 2. The van der Waals surface area contributed by atoms with E-state index in [0.717, 1.165) is 0 Å². The predicted molar refractivity (Wildman–Crippen MR) is 73.5 cm³/mol. The first-order valence-corrected chi connectivity index (χ1v) is 6.07. The van der Waals surface area contributed by atoms with Crippen molar-refractivity contribution in [2.24, 2.45) is 0 Å². The second-order valence-electron chi connectivity index (χ2n) is 4.42. The van der Waals surface area contributed by atoms with Gasteiger partial charge in [-0.3, -0.25) is 4.79 Å². The molecular weight excluding hydrogens is 222 g/mol. The van der Waals surface area contributed by atoms with E-state index in [-0.39, 0.29) is 5.91 Å². The maximum atomic E-state index is 11.9. The first-order valence-electron chi connectivity index (χ1n) is 6.07. The van der Waals surface area contributed by atoms with Crippen LogP contribution in [0.4, 0.5) is 0 Å². The lowest BCUT2D eigenvalue weighted by molar-refractivity contribution is 0.0951. The molecule has 0 aromatic heterocycles. The number of carbonyl (C=O) groups excluding carboxylic acids is 1. The van der Waals surface area contributed by atoms with Crippen molar-refractivity contribution < 1.29 is 4.79 Å². The first-order chi connectivity index (χ1) is 8.68. The van der Waals surface area contributed by atoms with Gasteiger partial charge in [-0.25, -0.2) is 0 Å². The highest BCUT2D eigenvalue weighted by Gasteiger charge is 2.06. The van der Waals surface area contributed by atoms with Gasteiger partial charge in [-0.2, -0.15) is 0 Å². The molecule has 1 N–H and O–H groups in total. The Bertz CT molecular complexity index is 526. The Morgan fingerprint density at radius 2 is 1.56 bits per heavy atom. The Hall–Kier alpha value is -2.09. The molecule has 0 saturated heterocycles. The third-order valence-corrected chi connectivity index (χ3v) is 3.11. The zero-order chi connectivity index (χ0) is 13.0. The maximum absolute atomic E-state index is 11.9. The Kier molecular flexibility index (Phi) is 3.78. The molecule has 0 radical (unpaired) electrons. The van der Waals surface area contributed by atoms with Crippen molar-refractivity contribution in [2.45, 2.75) is 20.4 Å². The van der Waals surface area contributed by atoms with Crippen LogP contribution in [-0.4, -0.2) is 5.91 Å². The van der Waals surface area contributed by atoms with Gasteiger partial charge in [0.1, 0.15) is 0 Å². The lowest BCUT2D eigenvalue weighted by Crippen LogP contribution is -2.23. The van der Waals surface area contributed by atoms with E-state index >= 15 is 0 Å². The molecule has 2 aromatic carbocycles. The Morgan fingerprint density at radius 1 is 0.944 bits per heavy atom. The second-order valence-corrected chi connectivity index (χ2v) is 4.42. The molecular formula is C16H17NO. The third-order valence-electron chi connectivity index (χ3n) is 3.11. The van der Waals surface area contributed by atoms with Crippen LogP contribution >= 0.6 is 0 Å². The monoisotopic (exact) mass is 239 g/mol. The third kappa shape index (κ3) is 2.77. The van der Waals surface area contributed by atoms with Crippen LogP contribution in [-0.2, 0) is 6.54 Å². The number of nitrogens with one attached hydrogen (secondary N) is 1. The van der Waals surface area contributed by atoms with E-state index in [2.05, 4.69) is 31.3 Å². The zero-order valence-electron chi connectivity index (χ0n) is 10.7. The molecule has 0 aliphatic carbocycles. The predicted octanol–water partition coefficient (Wildman–Crippen LogP) is 3.23. The molecule has 1 amide bonds. The number of hydrogen-bond donors (Lipinski definition) is 1. The van der Waals surface area contributed by atoms with Crippen molar-refractivity contribution in [3.05, 3.63) is 70.8 Å². The lowest BCUT2D eigenvalue weighted by Gasteiger charge is -2.11. The number of hydrogen-bond acceptors (Lipinski definition) is 1. The highest BCUT2D eigenvalue weighted by molar-refractivity contribution is 5.94. The summed E-state index contributed by atoms with van der Waals surface area (Å²) in [4.78, 5) is 11.9. The lowest BCUT2D eigenvalue weighted by atomic mass is 10.0. The molecule has 0 fully saturated rings. The van der Waals surface area contributed by atoms with Gasteiger partial charge in [0, 0.05) is 12.1 Å². The van der Waals surface area contributed by atoms with Crippen molar-refractivity contribution in [2.75, 3.05) is 0 Å². The summed E-state index contributed by atoms with van der Waals surface area (Å²) in [6, 6.07) is 15.4. The summed E-state index contributed by atoms with van der Waals surface area (Å²) >= 11 is 0. The summed E-state index contributed by atoms with van der Waals surface area (Å²) in [5, 5.41) is 2.96. The fourth-order valence-corrected chi connectivity index (χ4v) is 1.99. The van der Waals surface area contributed by atoms with Crippen LogP contribution in [0.25, 0.3) is 0 Å². The van der Waals surface area contributed by atoms with Gasteiger partial charge in [-0.15, -0.1) is 0 Å². The number of carbonyl (C=O) groups is 1. The summed E-state index contributed by atoms with van der Waals surface area (Å²) in [7, 11) is 0. The van der Waals surface area contributed by atoms with Crippen LogP contribution in [0.3, 0.4) is 0 Å². The molecule has 92 valence electrons. The highest BCUT2D eigenvalue weighted by Crippen LogP contribution is 2.13. The van der Waals surface area contributed by atoms with Crippen LogP contribution in [0.15, 0.2) is 48.5 Å². The van der Waals surface area contributed by atoms with Gasteiger partial charge in [-0.1, -0.05) is 36.4 Å². The molecule has 2 rings (SSSR count). The molecule has 0 heterocycles. The minimum absolute atomic E-state index is 0.0294. The minimum Gasteiger partial charge on any atom is -0.348 e. The summed E-state index contributed by atoms with van der Waals surface area (Å²) in [6.45, 7) is 4.71. The van der Waals surface area contributed by atoms with Gasteiger partial charge >= 0.3 is 0 Å². The van der Waals surface area contributed by atoms with Crippen LogP contribution in [0.5, 0.6) is 0 Å². The molecule has 0 aliphatic heterocycles. The summed E-state index contributed by atoms with van der Waals surface area (Å²) in [5.41, 5.74) is 4.32. The molecule has 0 aliphatic rings. The largest absolute Gasteiger partial charge is 0.348 e. The minimum atomic E-state index is -0.0294. The smallest absolute Gasteiger partial charge is 0.251 e. The van der Waals surface area contributed by atoms with E-state index in [1.165, 1.54) is 16.7 Å². The van der Waals surface area contributed by atoms with Crippen LogP contribution in [0.2, 0.25) is 0 Å². The molecule has 2 nitrogen and oxygen atoms in total.